The number of piperidine rings is 1. The van der Waals surface area contributed by atoms with E-state index in [1.165, 1.54) is 43.6 Å². The van der Waals surface area contributed by atoms with Crippen LogP contribution in [0.25, 0.3) is 0 Å². The number of halogens is 1. The van der Waals surface area contributed by atoms with E-state index in [1.807, 2.05) is 0 Å². The maximum atomic E-state index is 4.66. The standard InChI is InChI=1S/C13H21N3.ClH/c1-10-9-15-13(11-3-2-4-11)16(10)12-5-7-14-8-6-12;/h9,11-12,14H,2-8H2,1H3;1H. The summed E-state index contributed by atoms with van der Waals surface area (Å²) in [6, 6.07) is 0.694. The number of nitrogens with zero attached hydrogens (tertiary/aromatic N) is 2. The van der Waals surface area contributed by atoms with Crippen LogP contribution in [0.2, 0.25) is 0 Å². The molecule has 1 saturated carbocycles. The van der Waals surface area contributed by atoms with Gasteiger partial charge in [0, 0.05) is 23.9 Å². The van der Waals surface area contributed by atoms with Crippen LogP contribution < -0.4 is 5.32 Å². The molecule has 17 heavy (non-hydrogen) atoms. The molecule has 1 aliphatic heterocycles. The molecule has 4 heteroatoms. The first-order valence-corrected chi connectivity index (χ1v) is 6.60. The Balaban J connectivity index is 0.00000108. The number of aromatic nitrogens is 2. The molecule has 0 amide bonds. The largest absolute Gasteiger partial charge is 0.329 e. The summed E-state index contributed by atoms with van der Waals surface area (Å²) in [5, 5.41) is 3.44. The molecule has 0 atom stereocenters. The summed E-state index contributed by atoms with van der Waals surface area (Å²) in [7, 11) is 0. The van der Waals surface area contributed by atoms with Crippen molar-refractivity contribution < 1.29 is 0 Å². The average molecular weight is 256 g/mol. The average Bonchev–Trinajstić information content (AvgIpc) is 2.59. The van der Waals surface area contributed by atoms with E-state index in [0.717, 1.165) is 19.0 Å². The van der Waals surface area contributed by atoms with E-state index in [1.54, 1.807) is 0 Å². The lowest BCUT2D eigenvalue weighted by Crippen LogP contribution is -2.31. The molecule has 1 aromatic rings. The van der Waals surface area contributed by atoms with Crippen molar-refractivity contribution in [3.63, 3.8) is 0 Å². The molecule has 1 aromatic heterocycles. The normalized spacial score (nSPS) is 21.9. The van der Waals surface area contributed by atoms with Crippen LogP contribution in [0.1, 0.15) is 55.6 Å². The van der Waals surface area contributed by atoms with Crippen LogP contribution in [0.4, 0.5) is 0 Å². The fourth-order valence-corrected chi connectivity index (χ4v) is 2.97. The molecule has 0 bridgehead atoms. The van der Waals surface area contributed by atoms with Gasteiger partial charge in [-0.3, -0.25) is 0 Å². The monoisotopic (exact) mass is 255 g/mol. The van der Waals surface area contributed by atoms with Crippen LogP contribution in [0.3, 0.4) is 0 Å². The van der Waals surface area contributed by atoms with E-state index in [9.17, 15) is 0 Å². The van der Waals surface area contributed by atoms with E-state index in [0.29, 0.717) is 6.04 Å². The molecule has 2 aliphatic rings. The topological polar surface area (TPSA) is 29.9 Å². The van der Waals surface area contributed by atoms with Gasteiger partial charge in [-0.25, -0.2) is 4.98 Å². The molecule has 0 radical (unpaired) electrons. The van der Waals surface area contributed by atoms with Crippen molar-refractivity contribution in [1.82, 2.24) is 14.9 Å². The second-order valence-corrected chi connectivity index (χ2v) is 5.24. The van der Waals surface area contributed by atoms with E-state index < -0.39 is 0 Å². The van der Waals surface area contributed by atoms with Gasteiger partial charge in [0.15, 0.2) is 0 Å². The molecular weight excluding hydrogens is 234 g/mol. The summed E-state index contributed by atoms with van der Waals surface area (Å²) in [4.78, 5) is 4.66. The highest BCUT2D eigenvalue weighted by Crippen LogP contribution is 2.38. The molecule has 0 spiro atoms. The van der Waals surface area contributed by atoms with Gasteiger partial charge < -0.3 is 9.88 Å². The highest BCUT2D eigenvalue weighted by molar-refractivity contribution is 5.85. The zero-order chi connectivity index (χ0) is 11.0. The Morgan fingerprint density at radius 3 is 2.53 bits per heavy atom. The second kappa shape index (κ2) is 5.40. The van der Waals surface area contributed by atoms with Gasteiger partial charge in [0.05, 0.1) is 0 Å². The molecule has 0 unspecified atom stereocenters. The predicted octanol–water partition coefficient (Wildman–Crippen LogP) is 2.81. The Kier molecular flexibility index (Phi) is 4.10. The van der Waals surface area contributed by atoms with Crippen molar-refractivity contribution in [2.75, 3.05) is 13.1 Å². The number of aryl methyl sites for hydroxylation is 1. The van der Waals surface area contributed by atoms with Gasteiger partial charge in [-0.2, -0.15) is 0 Å². The van der Waals surface area contributed by atoms with E-state index >= 15 is 0 Å². The lowest BCUT2D eigenvalue weighted by atomic mass is 9.84. The van der Waals surface area contributed by atoms with Crippen LogP contribution >= 0.6 is 12.4 Å². The van der Waals surface area contributed by atoms with Crippen LogP contribution in [0.5, 0.6) is 0 Å². The minimum atomic E-state index is 0. The predicted molar refractivity (Wildman–Crippen MR) is 71.9 cm³/mol. The molecule has 2 heterocycles. The quantitative estimate of drug-likeness (QED) is 0.881. The third-order valence-electron chi connectivity index (χ3n) is 4.15. The fraction of sp³-hybridized carbons (Fsp3) is 0.769. The third kappa shape index (κ3) is 2.36. The van der Waals surface area contributed by atoms with Crippen molar-refractivity contribution in [3.8, 4) is 0 Å². The Hall–Kier alpha value is -0.540. The first-order valence-electron chi connectivity index (χ1n) is 6.60. The SMILES string of the molecule is Cc1cnc(C2CCC2)n1C1CCNCC1.Cl. The minimum absolute atomic E-state index is 0. The van der Waals surface area contributed by atoms with E-state index in [4.69, 9.17) is 0 Å². The molecule has 1 aliphatic carbocycles. The van der Waals surface area contributed by atoms with Crippen LogP contribution in [0.15, 0.2) is 6.20 Å². The van der Waals surface area contributed by atoms with Gasteiger partial charge in [0.1, 0.15) is 5.82 Å². The van der Waals surface area contributed by atoms with E-state index in [-0.39, 0.29) is 12.4 Å². The van der Waals surface area contributed by atoms with Crippen LogP contribution in [-0.2, 0) is 0 Å². The first kappa shape index (κ1) is 12.9. The maximum Gasteiger partial charge on any atom is 0.112 e. The van der Waals surface area contributed by atoms with Gasteiger partial charge in [0.25, 0.3) is 0 Å². The summed E-state index contributed by atoms with van der Waals surface area (Å²) in [6.07, 6.45) is 8.68. The zero-order valence-electron chi connectivity index (χ0n) is 10.5. The molecule has 3 rings (SSSR count). The summed E-state index contributed by atoms with van der Waals surface area (Å²) in [5.41, 5.74) is 1.36. The van der Waals surface area contributed by atoms with E-state index in [2.05, 4.69) is 28.0 Å². The van der Waals surface area contributed by atoms with Gasteiger partial charge >= 0.3 is 0 Å². The Labute approximate surface area is 109 Å². The maximum absolute atomic E-state index is 4.66. The van der Waals surface area contributed by atoms with Gasteiger partial charge in [-0.15, -0.1) is 12.4 Å². The minimum Gasteiger partial charge on any atom is -0.329 e. The zero-order valence-corrected chi connectivity index (χ0v) is 11.3. The smallest absolute Gasteiger partial charge is 0.112 e. The Morgan fingerprint density at radius 1 is 1.24 bits per heavy atom. The number of imidazole rings is 1. The lowest BCUT2D eigenvalue weighted by Gasteiger charge is -2.31. The highest BCUT2D eigenvalue weighted by atomic mass is 35.5. The van der Waals surface area contributed by atoms with Crippen LogP contribution in [0, 0.1) is 6.92 Å². The van der Waals surface area contributed by atoms with Crippen molar-refractivity contribution in [1.29, 1.82) is 0 Å². The fourth-order valence-electron chi connectivity index (χ4n) is 2.97. The lowest BCUT2D eigenvalue weighted by molar-refractivity contribution is 0.323. The third-order valence-corrected chi connectivity index (χ3v) is 4.15. The Bertz CT molecular complexity index is 365. The number of nitrogens with one attached hydrogen (secondary N) is 1. The summed E-state index contributed by atoms with van der Waals surface area (Å²) < 4.78 is 2.53. The Morgan fingerprint density at radius 2 is 1.94 bits per heavy atom. The van der Waals surface area contributed by atoms with Crippen LogP contribution in [-0.4, -0.2) is 22.6 Å². The number of hydrogen-bond acceptors (Lipinski definition) is 2. The highest BCUT2D eigenvalue weighted by Gasteiger charge is 2.28. The summed E-state index contributed by atoms with van der Waals surface area (Å²) in [6.45, 7) is 4.52. The molecule has 0 aromatic carbocycles. The summed E-state index contributed by atoms with van der Waals surface area (Å²) >= 11 is 0. The van der Waals surface area contributed by atoms with Crippen molar-refractivity contribution in [3.05, 3.63) is 17.7 Å². The summed E-state index contributed by atoms with van der Waals surface area (Å²) in [5.74, 6) is 2.12. The number of rotatable bonds is 2. The van der Waals surface area contributed by atoms with Gasteiger partial charge in [-0.05, 0) is 45.7 Å². The number of hydrogen-bond donors (Lipinski definition) is 1. The van der Waals surface area contributed by atoms with Crippen molar-refractivity contribution in [2.24, 2.45) is 0 Å². The molecular formula is C13H22ClN3. The van der Waals surface area contributed by atoms with Gasteiger partial charge in [0.2, 0.25) is 0 Å². The molecule has 1 N–H and O–H groups in total. The molecule has 3 nitrogen and oxygen atoms in total. The molecule has 2 fully saturated rings. The van der Waals surface area contributed by atoms with Gasteiger partial charge in [-0.1, -0.05) is 6.42 Å². The second-order valence-electron chi connectivity index (χ2n) is 5.24. The molecule has 1 saturated heterocycles. The molecule has 96 valence electrons. The van der Waals surface area contributed by atoms with Crippen molar-refractivity contribution >= 4 is 12.4 Å². The van der Waals surface area contributed by atoms with Crippen molar-refractivity contribution in [2.45, 2.75) is 51.0 Å². The first-order chi connectivity index (χ1) is 7.86.